The molecule has 0 aromatic carbocycles. The molecule has 0 bridgehead atoms. The summed E-state index contributed by atoms with van der Waals surface area (Å²) in [6.45, 7) is 0.857. The van der Waals surface area contributed by atoms with Crippen molar-refractivity contribution >= 4 is 28.1 Å². The van der Waals surface area contributed by atoms with Gasteiger partial charge in [-0.1, -0.05) is 0 Å². The molecule has 1 N–H and O–H groups in total. The number of nitrogens with one attached hydrogen (secondary N) is 1. The molecule has 124 valence electrons. The van der Waals surface area contributed by atoms with Gasteiger partial charge in [-0.05, 0) is 15.9 Å². The van der Waals surface area contributed by atoms with Crippen molar-refractivity contribution in [3.05, 3.63) is 31.5 Å². The molecule has 1 spiro atoms. The SMILES string of the molecule is CC(=O)O[C@H]1[C@H](n2cc(Br)c(=O)[nH]c2=O)OC[C@@]12COC(=O)O2. The number of cyclic esters (lactones) is 1. The Bertz CT molecular complexity index is 786. The monoisotopic (exact) mass is 390 g/mol. The number of nitrogens with zero attached hydrogens (tertiary/aromatic N) is 1. The van der Waals surface area contributed by atoms with Crippen LogP contribution in [0, 0.1) is 0 Å². The van der Waals surface area contributed by atoms with Crippen LogP contribution in [0.3, 0.4) is 0 Å². The van der Waals surface area contributed by atoms with Crippen LogP contribution in [-0.4, -0.2) is 46.6 Å². The van der Waals surface area contributed by atoms with Crippen molar-refractivity contribution in [2.75, 3.05) is 13.2 Å². The number of halogens is 1. The largest absolute Gasteiger partial charge is 0.509 e. The zero-order valence-corrected chi connectivity index (χ0v) is 13.3. The molecule has 1 aromatic heterocycles. The van der Waals surface area contributed by atoms with E-state index in [-0.39, 0.29) is 17.7 Å². The third-order valence-electron chi connectivity index (χ3n) is 3.49. The number of hydrogen-bond donors (Lipinski definition) is 1. The van der Waals surface area contributed by atoms with Crippen LogP contribution in [0.5, 0.6) is 0 Å². The average molecular weight is 391 g/mol. The summed E-state index contributed by atoms with van der Waals surface area (Å²) in [4.78, 5) is 48.2. The lowest BCUT2D eigenvalue weighted by Gasteiger charge is -2.27. The zero-order chi connectivity index (χ0) is 16.8. The molecule has 2 aliphatic heterocycles. The van der Waals surface area contributed by atoms with Crippen LogP contribution in [0.15, 0.2) is 20.3 Å². The molecule has 11 heteroatoms. The molecule has 0 amide bonds. The highest BCUT2D eigenvalue weighted by Gasteiger charge is 2.60. The Hall–Kier alpha value is -2.14. The van der Waals surface area contributed by atoms with Gasteiger partial charge in [0.05, 0.1) is 11.1 Å². The van der Waals surface area contributed by atoms with Gasteiger partial charge < -0.3 is 18.9 Å². The minimum Gasteiger partial charge on any atom is -0.453 e. The zero-order valence-electron chi connectivity index (χ0n) is 11.7. The van der Waals surface area contributed by atoms with Crippen LogP contribution in [-0.2, 0) is 23.7 Å². The topological polar surface area (TPSA) is 126 Å². The average Bonchev–Trinajstić information content (AvgIpc) is 3.00. The van der Waals surface area contributed by atoms with Crippen molar-refractivity contribution in [2.45, 2.75) is 24.9 Å². The van der Waals surface area contributed by atoms with Crippen molar-refractivity contribution in [2.24, 2.45) is 0 Å². The normalized spacial score (nSPS) is 29.4. The van der Waals surface area contributed by atoms with E-state index in [1.165, 1.54) is 13.1 Å². The Morgan fingerprint density at radius 3 is 2.78 bits per heavy atom. The number of H-pyrrole nitrogens is 1. The van der Waals surface area contributed by atoms with Gasteiger partial charge in [-0.2, -0.15) is 0 Å². The van der Waals surface area contributed by atoms with E-state index in [1.54, 1.807) is 0 Å². The van der Waals surface area contributed by atoms with Crippen molar-refractivity contribution in [3.8, 4) is 0 Å². The molecule has 0 unspecified atom stereocenters. The predicted octanol–water partition coefficient (Wildman–Crippen LogP) is -0.335. The number of ether oxygens (including phenoxy) is 4. The van der Waals surface area contributed by atoms with Crippen LogP contribution in [0.2, 0.25) is 0 Å². The van der Waals surface area contributed by atoms with Gasteiger partial charge in [-0.25, -0.2) is 9.59 Å². The molecule has 3 heterocycles. The summed E-state index contributed by atoms with van der Waals surface area (Å²) in [5, 5.41) is 0. The molecule has 10 nitrogen and oxygen atoms in total. The van der Waals surface area contributed by atoms with Gasteiger partial charge >= 0.3 is 17.8 Å². The molecule has 0 aliphatic carbocycles. The minimum absolute atomic E-state index is 0.0860. The third-order valence-corrected chi connectivity index (χ3v) is 4.05. The number of carbonyl (C=O) groups excluding carboxylic acids is 2. The van der Waals surface area contributed by atoms with Crippen molar-refractivity contribution < 1.29 is 28.5 Å². The van der Waals surface area contributed by atoms with Gasteiger partial charge in [0.25, 0.3) is 5.56 Å². The van der Waals surface area contributed by atoms with Crippen LogP contribution in [0.25, 0.3) is 0 Å². The van der Waals surface area contributed by atoms with Crippen LogP contribution < -0.4 is 11.2 Å². The fourth-order valence-electron chi connectivity index (χ4n) is 2.49. The summed E-state index contributed by atoms with van der Waals surface area (Å²) in [5.41, 5.74) is -2.71. The lowest BCUT2D eigenvalue weighted by Crippen LogP contribution is -2.49. The molecule has 2 fully saturated rings. The molecule has 0 saturated carbocycles. The van der Waals surface area contributed by atoms with E-state index in [2.05, 4.69) is 20.9 Å². The molecule has 1 aromatic rings. The number of rotatable bonds is 2. The Labute approximate surface area is 136 Å². The quantitative estimate of drug-likeness (QED) is 0.679. The second-order valence-corrected chi connectivity index (χ2v) is 5.94. The second-order valence-electron chi connectivity index (χ2n) is 5.08. The number of esters is 1. The highest BCUT2D eigenvalue weighted by atomic mass is 79.9. The van der Waals surface area contributed by atoms with Gasteiger partial charge in [0.15, 0.2) is 12.3 Å². The van der Waals surface area contributed by atoms with Gasteiger partial charge in [-0.15, -0.1) is 0 Å². The molecular formula is C12H11BrN2O8. The molecule has 3 atom stereocenters. The Balaban J connectivity index is 2.03. The molecule has 3 rings (SSSR count). The van der Waals surface area contributed by atoms with Gasteiger partial charge in [-0.3, -0.25) is 19.1 Å². The molecule has 0 radical (unpaired) electrons. The van der Waals surface area contributed by atoms with Crippen molar-refractivity contribution in [1.82, 2.24) is 9.55 Å². The minimum atomic E-state index is -1.34. The van der Waals surface area contributed by atoms with Crippen molar-refractivity contribution in [3.63, 3.8) is 0 Å². The summed E-state index contributed by atoms with van der Waals surface area (Å²) in [7, 11) is 0. The lowest BCUT2D eigenvalue weighted by atomic mass is 10.00. The summed E-state index contributed by atoms with van der Waals surface area (Å²) < 4.78 is 21.7. The highest BCUT2D eigenvalue weighted by Crippen LogP contribution is 2.39. The number of aromatic nitrogens is 2. The van der Waals surface area contributed by atoms with E-state index in [4.69, 9.17) is 18.9 Å². The van der Waals surface area contributed by atoms with E-state index >= 15 is 0 Å². The van der Waals surface area contributed by atoms with Crippen LogP contribution in [0.1, 0.15) is 13.2 Å². The van der Waals surface area contributed by atoms with E-state index in [9.17, 15) is 19.2 Å². The van der Waals surface area contributed by atoms with Crippen LogP contribution in [0.4, 0.5) is 4.79 Å². The summed E-state index contributed by atoms with van der Waals surface area (Å²) in [6.07, 6.45) is -1.91. The Morgan fingerprint density at radius 1 is 1.43 bits per heavy atom. The lowest BCUT2D eigenvalue weighted by molar-refractivity contribution is -0.160. The van der Waals surface area contributed by atoms with Crippen molar-refractivity contribution in [1.29, 1.82) is 0 Å². The number of aromatic amines is 1. The van der Waals surface area contributed by atoms with E-state index in [0.29, 0.717) is 0 Å². The fraction of sp³-hybridized carbons (Fsp3) is 0.500. The van der Waals surface area contributed by atoms with Gasteiger partial charge in [0, 0.05) is 13.1 Å². The smallest absolute Gasteiger partial charge is 0.453 e. The number of hydrogen-bond acceptors (Lipinski definition) is 8. The Kier molecular flexibility index (Phi) is 3.76. The highest BCUT2D eigenvalue weighted by molar-refractivity contribution is 9.10. The van der Waals surface area contributed by atoms with Gasteiger partial charge in [0.2, 0.25) is 5.60 Å². The maximum atomic E-state index is 12.0. The van der Waals surface area contributed by atoms with E-state index in [1.807, 2.05) is 0 Å². The summed E-state index contributed by atoms with van der Waals surface area (Å²) in [5.74, 6) is -0.649. The third kappa shape index (κ3) is 2.65. The predicted molar refractivity (Wildman–Crippen MR) is 74.7 cm³/mol. The molecular weight excluding hydrogens is 380 g/mol. The molecule has 23 heavy (non-hydrogen) atoms. The number of carbonyl (C=O) groups is 2. The summed E-state index contributed by atoms with van der Waals surface area (Å²) in [6, 6.07) is 0. The first-order valence-electron chi connectivity index (χ1n) is 6.48. The summed E-state index contributed by atoms with van der Waals surface area (Å²) >= 11 is 3.01. The second kappa shape index (κ2) is 5.49. The first-order valence-corrected chi connectivity index (χ1v) is 7.27. The first-order chi connectivity index (χ1) is 10.8. The van der Waals surface area contributed by atoms with E-state index in [0.717, 1.165) is 4.57 Å². The Morgan fingerprint density at radius 2 is 2.17 bits per heavy atom. The standard InChI is InChI=1S/C12H11BrN2O8/c1-5(16)22-7-9(15-2-6(13)8(17)14-10(15)18)20-3-12(7)4-21-11(19)23-12/h2,7,9H,3-4H2,1H3,(H,14,17,18)/t7-,9+,12+/m0/s1. The fourth-order valence-corrected chi connectivity index (χ4v) is 2.81. The van der Waals surface area contributed by atoms with Gasteiger partial charge in [0.1, 0.15) is 6.61 Å². The van der Waals surface area contributed by atoms with E-state index < -0.39 is 41.3 Å². The maximum absolute atomic E-state index is 12.0. The first kappa shape index (κ1) is 15.7. The van der Waals surface area contributed by atoms with Crippen LogP contribution >= 0.6 is 15.9 Å². The molecule has 2 aliphatic rings. The molecule has 2 saturated heterocycles. The maximum Gasteiger partial charge on any atom is 0.509 e.